The van der Waals surface area contributed by atoms with Crippen molar-refractivity contribution in [1.82, 2.24) is 5.32 Å². The van der Waals surface area contributed by atoms with Crippen LogP contribution in [0.3, 0.4) is 0 Å². The van der Waals surface area contributed by atoms with Crippen molar-refractivity contribution in [3.05, 3.63) is 0 Å². The predicted molar refractivity (Wildman–Crippen MR) is 64.0 cm³/mol. The number of aliphatic hydroxyl groups excluding tert-OH is 1. The van der Waals surface area contributed by atoms with Crippen LogP contribution in [0.5, 0.6) is 0 Å². The Hall–Kier alpha value is -0.0900. The normalized spacial score (nSPS) is 26.3. The molecule has 0 bridgehead atoms. The van der Waals surface area contributed by atoms with Crippen LogP contribution in [0.4, 0.5) is 0 Å². The Morgan fingerprint density at radius 1 is 1.33 bits per heavy atom. The number of halogens is 1. The molecule has 1 amide bonds. The van der Waals surface area contributed by atoms with Crippen LogP contribution in [-0.4, -0.2) is 29.5 Å². The molecule has 0 aliphatic heterocycles. The highest BCUT2D eigenvalue weighted by Crippen LogP contribution is 2.28. The Morgan fingerprint density at radius 3 is 2.60 bits per heavy atom. The molecule has 0 aromatic heterocycles. The highest BCUT2D eigenvalue weighted by Gasteiger charge is 2.24. The maximum atomic E-state index is 11.3. The van der Waals surface area contributed by atoms with E-state index in [0.29, 0.717) is 23.6 Å². The molecule has 2 unspecified atom stereocenters. The van der Waals surface area contributed by atoms with E-state index < -0.39 is 0 Å². The van der Waals surface area contributed by atoms with Crippen LogP contribution in [0.2, 0.25) is 0 Å². The van der Waals surface area contributed by atoms with Gasteiger partial charge in [0, 0.05) is 24.9 Å². The molecule has 1 aliphatic carbocycles. The Bertz CT molecular complexity index is 199. The average Bonchev–Trinajstić information content (AvgIpc) is 2.27. The summed E-state index contributed by atoms with van der Waals surface area (Å²) in [5.74, 6) is 0.972. The van der Waals surface area contributed by atoms with E-state index in [1.54, 1.807) is 0 Å². The number of carbonyl (C=O) groups is 1. The van der Waals surface area contributed by atoms with E-state index in [9.17, 15) is 9.90 Å². The SMILES string of the molecule is O=C(CCBr)NCC1CCCCC1CO. The van der Waals surface area contributed by atoms with Gasteiger partial charge in [0.1, 0.15) is 0 Å². The molecule has 88 valence electrons. The molecule has 4 heteroatoms. The van der Waals surface area contributed by atoms with Gasteiger partial charge in [-0.2, -0.15) is 0 Å². The third kappa shape index (κ3) is 4.51. The van der Waals surface area contributed by atoms with Crippen LogP contribution in [0.1, 0.15) is 32.1 Å². The zero-order valence-corrected chi connectivity index (χ0v) is 10.6. The first-order valence-corrected chi connectivity index (χ1v) is 6.83. The number of amides is 1. The smallest absolute Gasteiger partial charge is 0.220 e. The number of hydrogen-bond acceptors (Lipinski definition) is 2. The third-order valence-corrected chi connectivity index (χ3v) is 3.58. The zero-order chi connectivity index (χ0) is 11.1. The van der Waals surface area contributed by atoms with Crippen molar-refractivity contribution < 1.29 is 9.90 Å². The van der Waals surface area contributed by atoms with E-state index in [1.165, 1.54) is 12.8 Å². The van der Waals surface area contributed by atoms with Gasteiger partial charge >= 0.3 is 0 Å². The second-order valence-electron chi connectivity index (χ2n) is 4.23. The van der Waals surface area contributed by atoms with Gasteiger partial charge in [0.15, 0.2) is 0 Å². The number of aliphatic hydroxyl groups is 1. The number of rotatable bonds is 5. The molecule has 15 heavy (non-hydrogen) atoms. The second-order valence-corrected chi connectivity index (χ2v) is 5.02. The van der Waals surface area contributed by atoms with E-state index in [0.717, 1.165) is 19.4 Å². The second kappa shape index (κ2) is 7.23. The minimum Gasteiger partial charge on any atom is -0.396 e. The van der Waals surface area contributed by atoms with E-state index in [1.807, 2.05) is 0 Å². The molecule has 0 spiro atoms. The number of carbonyl (C=O) groups excluding carboxylic acids is 1. The summed E-state index contributed by atoms with van der Waals surface area (Å²) >= 11 is 3.24. The molecule has 0 aromatic rings. The first-order chi connectivity index (χ1) is 7.27. The van der Waals surface area contributed by atoms with E-state index >= 15 is 0 Å². The summed E-state index contributed by atoms with van der Waals surface area (Å²) in [6.07, 6.45) is 5.23. The van der Waals surface area contributed by atoms with Gasteiger partial charge in [-0.3, -0.25) is 4.79 Å². The van der Waals surface area contributed by atoms with Crippen LogP contribution < -0.4 is 5.32 Å². The Balaban J connectivity index is 2.26. The molecule has 1 aliphatic rings. The molecule has 3 nitrogen and oxygen atoms in total. The minimum atomic E-state index is 0.106. The van der Waals surface area contributed by atoms with E-state index in [-0.39, 0.29) is 12.5 Å². The summed E-state index contributed by atoms with van der Waals surface area (Å²) in [6, 6.07) is 0. The van der Waals surface area contributed by atoms with Gasteiger partial charge in [-0.1, -0.05) is 28.8 Å². The fraction of sp³-hybridized carbons (Fsp3) is 0.909. The summed E-state index contributed by atoms with van der Waals surface area (Å²) in [6.45, 7) is 0.996. The van der Waals surface area contributed by atoms with Gasteiger partial charge in [0.2, 0.25) is 5.91 Å². The lowest BCUT2D eigenvalue weighted by Gasteiger charge is -2.30. The maximum Gasteiger partial charge on any atom is 0.220 e. The lowest BCUT2D eigenvalue weighted by atomic mass is 9.79. The largest absolute Gasteiger partial charge is 0.396 e. The number of nitrogens with one attached hydrogen (secondary N) is 1. The Labute approximate surface area is 99.8 Å². The average molecular weight is 278 g/mol. The summed E-state index contributed by atoms with van der Waals surface area (Å²) in [7, 11) is 0. The van der Waals surface area contributed by atoms with Crippen molar-refractivity contribution in [2.45, 2.75) is 32.1 Å². The summed E-state index contributed by atoms with van der Waals surface area (Å²) in [5.41, 5.74) is 0. The summed E-state index contributed by atoms with van der Waals surface area (Å²) in [5, 5.41) is 12.9. The standard InChI is InChI=1S/C11H20BrNO2/c12-6-5-11(15)13-7-9-3-1-2-4-10(9)8-14/h9-10,14H,1-8H2,(H,13,15). The molecular weight excluding hydrogens is 258 g/mol. The molecule has 1 fully saturated rings. The van der Waals surface area contributed by atoms with Crippen molar-refractivity contribution in [2.24, 2.45) is 11.8 Å². The fourth-order valence-corrected chi connectivity index (χ4v) is 2.57. The first kappa shape index (κ1) is 13.0. The Morgan fingerprint density at radius 2 is 2.00 bits per heavy atom. The summed E-state index contributed by atoms with van der Waals surface area (Å²) < 4.78 is 0. The minimum absolute atomic E-state index is 0.106. The monoisotopic (exact) mass is 277 g/mol. The van der Waals surface area contributed by atoms with Gasteiger partial charge in [0.25, 0.3) is 0 Å². The Kier molecular flexibility index (Phi) is 6.25. The lowest BCUT2D eigenvalue weighted by molar-refractivity contribution is -0.121. The molecular formula is C11H20BrNO2. The van der Waals surface area contributed by atoms with E-state index in [4.69, 9.17) is 0 Å². The van der Waals surface area contributed by atoms with Gasteiger partial charge in [-0.15, -0.1) is 0 Å². The van der Waals surface area contributed by atoms with Crippen molar-refractivity contribution in [2.75, 3.05) is 18.5 Å². The van der Waals surface area contributed by atoms with Crippen LogP contribution >= 0.6 is 15.9 Å². The third-order valence-electron chi connectivity index (χ3n) is 3.18. The number of alkyl halides is 1. The van der Waals surface area contributed by atoms with Crippen molar-refractivity contribution in [1.29, 1.82) is 0 Å². The highest BCUT2D eigenvalue weighted by atomic mass is 79.9. The highest BCUT2D eigenvalue weighted by molar-refractivity contribution is 9.09. The van der Waals surface area contributed by atoms with Crippen LogP contribution in [-0.2, 0) is 4.79 Å². The number of hydrogen-bond donors (Lipinski definition) is 2. The van der Waals surface area contributed by atoms with Crippen molar-refractivity contribution in [3.63, 3.8) is 0 Å². The van der Waals surface area contributed by atoms with Gasteiger partial charge in [0.05, 0.1) is 0 Å². The van der Waals surface area contributed by atoms with Crippen LogP contribution in [0.15, 0.2) is 0 Å². The van der Waals surface area contributed by atoms with Crippen molar-refractivity contribution in [3.8, 4) is 0 Å². The quantitative estimate of drug-likeness (QED) is 0.752. The molecule has 1 saturated carbocycles. The lowest BCUT2D eigenvalue weighted by Crippen LogP contribution is -2.35. The van der Waals surface area contributed by atoms with Gasteiger partial charge < -0.3 is 10.4 Å². The molecule has 0 saturated heterocycles. The fourth-order valence-electron chi connectivity index (χ4n) is 2.21. The van der Waals surface area contributed by atoms with Crippen LogP contribution in [0.25, 0.3) is 0 Å². The molecule has 0 aromatic carbocycles. The molecule has 1 rings (SSSR count). The topological polar surface area (TPSA) is 49.3 Å². The summed E-state index contributed by atoms with van der Waals surface area (Å²) in [4.78, 5) is 11.3. The first-order valence-electron chi connectivity index (χ1n) is 5.71. The maximum absolute atomic E-state index is 11.3. The van der Waals surface area contributed by atoms with Gasteiger partial charge in [-0.25, -0.2) is 0 Å². The van der Waals surface area contributed by atoms with Crippen LogP contribution in [0, 0.1) is 11.8 Å². The molecule has 2 atom stereocenters. The van der Waals surface area contributed by atoms with Crippen molar-refractivity contribution >= 4 is 21.8 Å². The predicted octanol–water partition coefficient (Wildman–Crippen LogP) is 1.69. The molecule has 2 N–H and O–H groups in total. The molecule has 0 heterocycles. The van der Waals surface area contributed by atoms with Gasteiger partial charge in [-0.05, 0) is 24.7 Å². The zero-order valence-electron chi connectivity index (χ0n) is 9.04. The molecule has 0 radical (unpaired) electrons. The van der Waals surface area contributed by atoms with E-state index in [2.05, 4.69) is 21.2 Å².